The van der Waals surface area contributed by atoms with Crippen LogP contribution in [0.15, 0.2) is 0 Å². The smallest absolute Gasteiger partial charge is 0.322 e. The Kier molecular flexibility index (Phi) is 6.36. The zero-order chi connectivity index (χ0) is 14.3. The van der Waals surface area contributed by atoms with Crippen molar-refractivity contribution in [3.63, 3.8) is 0 Å². The Bertz CT molecular complexity index is 321. The highest BCUT2D eigenvalue weighted by Gasteiger charge is 2.27. The van der Waals surface area contributed by atoms with Crippen molar-refractivity contribution >= 4 is 17.8 Å². The van der Waals surface area contributed by atoms with E-state index in [1.165, 1.54) is 0 Å². The topological polar surface area (TPSA) is 95.5 Å². The van der Waals surface area contributed by atoms with Crippen LogP contribution in [0.4, 0.5) is 0 Å². The van der Waals surface area contributed by atoms with Gasteiger partial charge in [0.2, 0.25) is 11.8 Å². The first-order chi connectivity index (χ1) is 8.18. The van der Waals surface area contributed by atoms with E-state index in [1.807, 2.05) is 6.92 Å². The molecule has 0 aliphatic heterocycles. The summed E-state index contributed by atoms with van der Waals surface area (Å²) < 4.78 is 0. The summed E-state index contributed by atoms with van der Waals surface area (Å²) in [5, 5.41) is 13.4. The summed E-state index contributed by atoms with van der Waals surface area (Å²) in [6.07, 6.45) is 1.20. The van der Waals surface area contributed by atoms with Gasteiger partial charge in [-0.2, -0.15) is 0 Å². The first-order valence-corrected chi connectivity index (χ1v) is 5.99. The van der Waals surface area contributed by atoms with Gasteiger partial charge in [-0.15, -0.1) is 0 Å². The minimum absolute atomic E-state index is 0.230. The summed E-state index contributed by atoms with van der Waals surface area (Å²) in [6.45, 7) is 6.70. The van der Waals surface area contributed by atoms with Gasteiger partial charge in [0.1, 0.15) is 12.6 Å². The fourth-order valence-corrected chi connectivity index (χ4v) is 1.22. The van der Waals surface area contributed by atoms with E-state index < -0.39 is 29.9 Å². The van der Waals surface area contributed by atoms with Crippen LogP contribution >= 0.6 is 0 Å². The van der Waals surface area contributed by atoms with Crippen molar-refractivity contribution in [3.05, 3.63) is 0 Å². The van der Waals surface area contributed by atoms with Crippen LogP contribution in [0.25, 0.3) is 0 Å². The Morgan fingerprint density at radius 3 is 2.17 bits per heavy atom. The van der Waals surface area contributed by atoms with Crippen LogP contribution in [0, 0.1) is 5.41 Å². The number of hydrogen-bond acceptors (Lipinski definition) is 3. The highest BCUT2D eigenvalue weighted by molar-refractivity contribution is 5.90. The molecule has 0 bridgehead atoms. The quantitative estimate of drug-likeness (QED) is 0.647. The average molecular weight is 258 g/mol. The zero-order valence-corrected chi connectivity index (χ0v) is 11.4. The van der Waals surface area contributed by atoms with E-state index in [0.29, 0.717) is 6.42 Å². The number of aliphatic carboxylic acids is 1. The Morgan fingerprint density at radius 1 is 1.22 bits per heavy atom. The number of amides is 2. The normalized spacial score (nSPS) is 12.7. The minimum Gasteiger partial charge on any atom is -0.480 e. The van der Waals surface area contributed by atoms with Crippen LogP contribution in [-0.2, 0) is 14.4 Å². The molecule has 2 amide bonds. The molecule has 0 aromatic rings. The second kappa shape index (κ2) is 6.98. The van der Waals surface area contributed by atoms with Crippen LogP contribution in [0.5, 0.6) is 0 Å². The van der Waals surface area contributed by atoms with Crippen LogP contribution in [0.3, 0.4) is 0 Å². The SMILES string of the molecule is CCCC(NC(=O)C(C)(C)C)C(=O)NCC(=O)O. The molecule has 3 N–H and O–H groups in total. The van der Waals surface area contributed by atoms with Gasteiger partial charge < -0.3 is 15.7 Å². The first-order valence-electron chi connectivity index (χ1n) is 5.99. The Labute approximate surface area is 107 Å². The molecule has 1 unspecified atom stereocenters. The second-order valence-electron chi connectivity index (χ2n) is 5.18. The third-order valence-electron chi connectivity index (χ3n) is 2.29. The van der Waals surface area contributed by atoms with Gasteiger partial charge in [-0.05, 0) is 6.42 Å². The van der Waals surface area contributed by atoms with Crippen LogP contribution in [-0.4, -0.2) is 35.5 Å². The average Bonchev–Trinajstić information content (AvgIpc) is 2.23. The van der Waals surface area contributed by atoms with Gasteiger partial charge in [-0.25, -0.2) is 0 Å². The number of hydrogen-bond donors (Lipinski definition) is 3. The number of carboxylic acid groups (broad SMARTS) is 1. The third-order valence-corrected chi connectivity index (χ3v) is 2.29. The third kappa shape index (κ3) is 6.22. The maximum Gasteiger partial charge on any atom is 0.322 e. The zero-order valence-electron chi connectivity index (χ0n) is 11.4. The lowest BCUT2D eigenvalue weighted by atomic mass is 9.95. The Morgan fingerprint density at radius 2 is 1.78 bits per heavy atom. The van der Waals surface area contributed by atoms with Crippen molar-refractivity contribution in [2.24, 2.45) is 5.41 Å². The van der Waals surface area contributed by atoms with Gasteiger partial charge in [0.05, 0.1) is 0 Å². The van der Waals surface area contributed by atoms with Gasteiger partial charge in [-0.3, -0.25) is 14.4 Å². The number of rotatable bonds is 6. The molecule has 0 aliphatic carbocycles. The van der Waals surface area contributed by atoms with E-state index in [1.54, 1.807) is 20.8 Å². The summed E-state index contributed by atoms with van der Waals surface area (Å²) in [5.41, 5.74) is -0.584. The van der Waals surface area contributed by atoms with Gasteiger partial charge in [0.15, 0.2) is 0 Å². The molecule has 0 fully saturated rings. The molecule has 0 saturated heterocycles. The lowest BCUT2D eigenvalue weighted by Gasteiger charge is -2.23. The van der Waals surface area contributed by atoms with Gasteiger partial charge in [0.25, 0.3) is 0 Å². The molecule has 6 heteroatoms. The molecule has 0 aromatic carbocycles. The lowest BCUT2D eigenvalue weighted by Crippen LogP contribution is -2.50. The van der Waals surface area contributed by atoms with E-state index in [4.69, 9.17) is 5.11 Å². The predicted octanol–water partition coefficient (Wildman–Crippen LogP) is 0.518. The number of nitrogens with one attached hydrogen (secondary N) is 2. The van der Waals surface area contributed by atoms with Crippen molar-refractivity contribution in [3.8, 4) is 0 Å². The molecule has 104 valence electrons. The van der Waals surface area contributed by atoms with E-state index >= 15 is 0 Å². The van der Waals surface area contributed by atoms with Crippen molar-refractivity contribution < 1.29 is 19.5 Å². The summed E-state index contributed by atoms with van der Waals surface area (Å²) in [4.78, 5) is 33.9. The molecule has 0 radical (unpaired) electrons. The molecule has 1 atom stereocenters. The number of carbonyl (C=O) groups excluding carboxylic acids is 2. The summed E-state index contributed by atoms with van der Waals surface area (Å²) in [5.74, 6) is -1.80. The molecule has 0 aromatic heterocycles. The standard InChI is InChI=1S/C12H22N2O4/c1-5-6-8(10(17)13-7-9(15)16)14-11(18)12(2,3)4/h8H,5-7H2,1-4H3,(H,13,17)(H,14,18)(H,15,16). The van der Waals surface area contributed by atoms with Crippen molar-refractivity contribution in [1.82, 2.24) is 10.6 Å². The monoisotopic (exact) mass is 258 g/mol. The van der Waals surface area contributed by atoms with Crippen molar-refractivity contribution in [1.29, 1.82) is 0 Å². The molecular formula is C12H22N2O4. The van der Waals surface area contributed by atoms with E-state index in [-0.39, 0.29) is 5.91 Å². The first kappa shape index (κ1) is 16.4. The Balaban J connectivity index is 4.51. The molecule has 6 nitrogen and oxygen atoms in total. The molecule has 0 spiro atoms. The van der Waals surface area contributed by atoms with E-state index in [0.717, 1.165) is 6.42 Å². The van der Waals surface area contributed by atoms with Gasteiger partial charge >= 0.3 is 5.97 Å². The lowest BCUT2D eigenvalue weighted by molar-refractivity contribution is -0.138. The fraction of sp³-hybridized carbons (Fsp3) is 0.750. The van der Waals surface area contributed by atoms with E-state index in [9.17, 15) is 14.4 Å². The summed E-state index contributed by atoms with van der Waals surface area (Å²) in [6, 6.07) is -0.680. The summed E-state index contributed by atoms with van der Waals surface area (Å²) in [7, 11) is 0. The van der Waals surface area contributed by atoms with Gasteiger partial charge in [-0.1, -0.05) is 34.1 Å². The fourth-order valence-electron chi connectivity index (χ4n) is 1.22. The predicted molar refractivity (Wildman–Crippen MR) is 66.9 cm³/mol. The molecule has 0 aliphatic rings. The minimum atomic E-state index is -1.11. The highest BCUT2D eigenvalue weighted by atomic mass is 16.4. The van der Waals surface area contributed by atoms with Crippen LogP contribution < -0.4 is 10.6 Å². The maximum atomic E-state index is 11.8. The molecule has 0 saturated carbocycles. The Hall–Kier alpha value is -1.59. The maximum absolute atomic E-state index is 11.8. The van der Waals surface area contributed by atoms with Gasteiger partial charge in [0, 0.05) is 5.41 Å². The molecular weight excluding hydrogens is 236 g/mol. The van der Waals surface area contributed by atoms with Crippen molar-refractivity contribution in [2.75, 3.05) is 6.54 Å². The summed E-state index contributed by atoms with van der Waals surface area (Å²) >= 11 is 0. The number of carbonyl (C=O) groups is 3. The van der Waals surface area contributed by atoms with Crippen molar-refractivity contribution in [2.45, 2.75) is 46.6 Å². The molecule has 0 heterocycles. The van der Waals surface area contributed by atoms with Crippen LogP contribution in [0.1, 0.15) is 40.5 Å². The highest BCUT2D eigenvalue weighted by Crippen LogP contribution is 2.13. The molecule has 18 heavy (non-hydrogen) atoms. The number of carboxylic acids is 1. The second-order valence-corrected chi connectivity index (χ2v) is 5.18. The van der Waals surface area contributed by atoms with Crippen LogP contribution in [0.2, 0.25) is 0 Å². The molecule has 0 rings (SSSR count). The largest absolute Gasteiger partial charge is 0.480 e. The van der Waals surface area contributed by atoms with E-state index in [2.05, 4.69) is 10.6 Å².